The van der Waals surface area contributed by atoms with Crippen LogP contribution < -0.4 is 5.73 Å². The maximum Gasteiger partial charge on any atom is 0.335 e. The zero-order chi connectivity index (χ0) is 14.4. The number of ether oxygens (including phenoxy) is 1. The summed E-state index contributed by atoms with van der Waals surface area (Å²) in [5.41, 5.74) is 6.21. The van der Waals surface area contributed by atoms with Crippen LogP contribution in [-0.2, 0) is 9.53 Å². The average molecular weight is 281 g/mol. The summed E-state index contributed by atoms with van der Waals surface area (Å²) in [6, 6.07) is 0. The van der Waals surface area contributed by atoms with Crippen molar-refractivity contribution in [3.63, 3.8) is 0 Å². The Morgan fingerprint density at radius 1 is 1.30 bits per heavy atom. The smallest absolute Gasteiger partial charge is 0.335 e. The molecule has 0 radical (unpaired) electrons. The number of imidazole rings is 1. The quantitative estimate of drug-likeness (QED) is 0.494. The van der Waals surface area contributed by atoms with Crippen LogP contribution >= 0.6 is 0 Å². The van der Waals surface area contributed by atoms with Crippen LogP contribution in [-0.4, -0.2) is 59.1 Å². The van der Waals surface area contributed by atoms with Crippen molar-refractivity contribution < 1.29 is 24.9 Å². The van der Waals surface area contributed by atoms with E-state index in [-0.39, 0.29) is 11.5 Å². The van der Waals surface area contributed by atoms with E-state index in [9.17, 15) is 15.0 Å². The molecule has 0 bridgehead atoms. The van der Waals surface area contributed by atoms with E-state index >= 15 is 0 Å². The lowest BCUT2D eigenvalue weighted by Gasteiger charge is -2.16. The normalized spacial score (nSPS) is 29.9. The first-order chi connectivity index (χ1) is 9.50. The molecular weight excluding hydrogens is 270 g/mol. The molecule has 20 heavy (non-hydrogen) atoms. The molecule has 4 atom stereocenters. The number of nitrogens with two attached hydrogens (primary N) is 1. The minimum Gasteiger partial charge on any atom is -0.479 e. The number of hydrogen-bond donors (Lipinski definition) is 4. The molecule has 0 unspecified atom stereocenters. The zero-order valence-corrected chi connectivity index (χ0v) is 9.99. The molecule has 2 aromatic heterocycles. The standard InChI is InChI=1S/C10H11N5O5/c11-7-3-8(13-1-12-7)15(2-14-3)9-5(17)4(16)6(20-9)10(18)19/h1-2,4-6,9,16-17H,(H,18,19)(H2,11,12,13)/t4-,5-,6-,9+/m0/s1. The Bertz CT molecular complexity index is 673. The molecule has 10 nitrogen and oxygen atoms in total. The number of aliphatic carboxylic acids is 1. The van der Waals surface area contributed by atoms with Gasteiger partial charge < -0.3 is 25.8 Å². The molecule has 0 aliphatic carbocycles. The number of fused-ring (bicyclic) bond motifs is 1. The van der Waals surface area contributed by atoms with Crippen molar-refractivity contribution in [2.24, 2.45) is 0 Å². The fourth-order valence-electron chi connectivity index (χ4n) is 2.15. The molecule has 3 rings (SSSR count). The number of aliphatic hydroxyl groups excluding tert-OH is 2. The van der Waals surface area contributed by atoms with E-state index in [0.717, 1.165) is 0 Å². The highest BCUT2D eigenvalue weighted by molar-refractivity contribution is 5.81. The second kappa shape index (κ2) is 4.37. The molecule has 2 aromatic rings. The first-order valence-corrected chi connectivity index (χ1v) is 5.68. The fraction of sp³-hybridized carbons (Fsp3) is 0.400. The largest absolute Gasteiger partial charge is 0.479 e. The summed E-state index contributed by atoms with van der Waals surface area (Å²) in [4.78, 5) is 22.6. The Kier molecular flexibility index (Phi) is 2.78. The SMILES string of the molecule is Nc1ncnc2c1ncn2[C@@H]1O[C@H](C(=O)O)[C@@H](O)[C@@H]1O. The first kappa shape index (κ1) is 12.7. The second-order valence-corrected chi connectivity index (χ2v) is 4.35. The van der Waals surface area contributed by atoms with Crippen molar-refractivity contribution in [1.82, 2.24) is 19.5 Å². The molecular formula is C10H11N5O5. The van der Waals surface area contributed by atoms with Gasteiger partial charge in [0.25, 0.3) is 0 Å². The van der Waals surface area contributed by atoms with Crippen molar-refractivity contribution in [3.05, 3.63) is 12.7 Å². The van der Waals surface area contributed by atoms with E-state index < -0.39 is 30.5 Å². The topological polar surface area (TPSA) is 157 Å². The van der Waals surface area contributed by atoms with E-state index in [2.05, 4.69) is 15.0 Å². The number of carbonyl (C=O) groups is 1. The van der Waals surface area contributed by atoms with Crippen LogP contribution in [0.25, 0.3) is 11.2 Å². The third kappa shape index (κ3) is 1.70. The van der Waals surface area contributed by atoms with E-state index in [1.165, 1.54) is 17.2 Å². The van der Waals surface area contributed by atoms with Crippen molar-refractivity contribution in [2.75, 3.05) is 5.73 Å². The van der Waals surface area contributed by atoms with E-state index in [1.807, 2.05) is 0 Å². The van der Waals surface area contributed by atoms with Crippen LogP contribution in [0.4, 0.5) is 5.82 Å². The molecule has 106 valence electrons. The Morgan fingerprint density at radius 2 is 2.05 bits per heavy atom. The molecule has 1 aliphatic rings. The predicted molar refractivity (Wildman–Crippen MR) is 63.3 cm³/mol. The zero-order valence-electron chi connectivity index (χ0n) is 9.99. The van der Waals surface area contributed by atoms with Gasteiger partial charge in [-0.05, 0) is 0 Å². The number of carboxylic acids is 1. The summed E-state index contributed by atoms with van der Waals surface area (Å²) >= 11 is 0. The highest BCUT2D eigenvalue weighted by Gasteiger charge is 2.47. The lowest BCUT2D eigenvalue weighted by molar-refractivity contribution is -0.155. The molecule has 0 amide bonds. The highest BCUT2D eigenvalue weighted by Crippen LogP contribution is 2.31. The maximum atomic E-state index is 10.9. The number of anilines is 1. The number of carboxylic acid groups (broad SMARTS) is 1. The van der Waals surface area contributed by atoms with Gasteiger partial charge in [-0.3, -0.25) is 4.57 Å². The van der Waals surface area contributed by atoms with Gasteiger partial charge >= 0.3 is 5.97 Å². The van der Waals surface area contributed by atoms with Crippen LogP contribution in [0.3, 0.4) is 0 Å². The molecule has 3 heterocycles. The van der Waals surface area contributed by atoms with Crippen LogP contribution in [0.15, 0.2) is 12.7 Å². The number of nitrogens with zero attached hydrogens (tertiary/aromatic N) is 4. The molecule has 1 aliphatic heterocycles. The third-order valence-corrected chi connectivity index (χ3v) is 3.14. The van der Waals surface area contributed by atoms with Gasteiger partial charge in [-0.1, -0.05) is 0 Å². The Hall–Kier alpha value is -2.30. The van der Waals surface area contributed by atoms with Crippen molar-refractivity contribution in [3.8, 4) is 0 Å². The van der Waals surface area contributed by atoms with Gasteiger partial charge in [-0.15, -0.1) is 0 Å². The Labute approximate surface area is 111 Å². The van der Waals surface area contributed by atoms with Crippen LogP contribution in [0.1, 0.15) is 6.23 Å². The van der Waals surface area contributed by atoms with Gasteiger partial charge in [0.05, 0.1) is 6.33 Å². The van der Waals surface area contributed by atoms with Crippen molar-refractivity contribution >= 4 is 23.0 Å². The van der Waals surface area contributed by atoms with Gasteiger partial charge in [0.2, 0.25) is 0 Å². The van der Waals surface area contributed by atoms with E-state index in [0.29, 0.717) is 5.52 Å². The lowest BCUT2D eigenvalue weighted by Crippen LogP contribution is -2.35. The second-order valence-electron chi connectivity index (χ2n) is 4.35. The molecule has 0 aromatic carbocycles. The van der Waals surface area contributed by atoms with Gasteiger partial charge in [-0.25, -0.2) is 19.7 Å². The van der Waals surface area contributed by atoms with Crippen molar-refractivity contribution in [1.29, 1.82) is 0 Å². The molecule has 5 N–H and O–H groups in total. The van der Waals surface area contributed by atoms with Crippen molar-refractivity contribution in [2.45, 2.75) is 24.5 Å². The average Bonchev–Trinajstić information content (AvgIpc) is 2.94. The van der Waals surface area contributed by atoms with E-state index in [4.69, 9.17) is 15.6 Å². The monoisotopic (exact) mass is 281 g/mol. The molecule has 1 fully saturated rings. The first-order valence-electron chi connectivity index (χ1n) is 5.68. The molecule has 0 spiro atoms. The number of nitrogen functional groups attached to an aromatic ring is 1. The molecule has 1 saturated heterocycles. The van der Waals surface area contributed by atoms with Crippen LogP contribution in [0, 0.1) is 0 Å². The van der Waals surface area contributed by atoms with Crippen LogP contribution in [0.5, 0.6) is 0 Å². The summed E-state index contributed by atoms with van der Waals surface area (Å²) in [6.45, 7) is 0. The van der Waals surface area contributed by atoms with Gasteiger partial charge in [0, 0.05) is 0 Å². The van der Waals surface area contributed by atoms with Gasteiger partial charge in [-0.2, -0.15) is 0 Å². The fourth-order valence-corrected chi connectivity index (χ4v) is 2.15. The molecule has 10 heteroatoms. The number of rotatable bonds is 2. The third-order valence-electron chi connectivity index (χ3n) is 3.14. The summed E-state index contributed by atoms with van der Waals surface area (Å²) < 4.78 is 6.47. The van der Waals surface area contributed by atoms with Crippen LogP contribution in [0.2, 0.25) is 0 Å². The summed E-state index contributed by atoms with van der Waals surface area (Å²) in [6.07, 6.45) is -3.11. The predicted octanol–water partition coefficient (Wildman–Crippen LogP) is -1.89. The van der Waals surface area contributed by atoms with E-state index in [1.54, 1.807) is 0 Å². The summed E-state index contributed by atoms with van der Waals surface area (Å²) in [7, 11) is 0. The maximum absolute atomic E-state index is 10.9. The number of aliphatic hydroxyl groups is 2. The van der Waals surface area contributed by atoms with Gasteiger partial charge in [0.1, 0.15) is 24.1 Å². The lowest BCUT2D eigenvalue weighted by atomic mass is 10.1. The van der Waals surface area contributed by atoms with Gasteiger partial charge in [0.15, 0.2) is 23.8 Å². The number of aromatic nitrogens is 4. The summed E-state index contributed by atoms with van der Waals surface area (Å²) in [5, 5.41) is 28.5. The minimum absolute atomic E-state index is 0.150. The Morgan fingerprint density at radius 3 is 2.70 bits per heavy atom. The minimum atomic E-state index is -1.55. The highest BCUT2D eigenvalue weighted by atomic mass is 16.6. The molecule has 0 saturated carbocycles. The Balaban J connectivity index is 2.04. The summed E-state index contributed by atoms with van der Waals surface area (Å²) in [5.74, 6) is -1.21. The number of hydrogen-bond acceptors (Lipinski definition) is 8.